The van der Waals surface area contributed by atoms with E-state index in [0.717, 1.165) is 32.1 Å². The van der Waals surface area contributed by atoms with Crippen molar-refractivity contribution in [3.05, 3.63) is 87.1 Å². The van der Waals surface area contributed by atoms with Crippen molar-refractivity contribution in [1.82, 2.24) is 0 Å². The van der Waals surface area contributed by atoms with E-state index in [4.69, 9.17) is 13.2 Å². The standard InChI is InChI=1S/C39H56/c1-17-29-18-31(36(11,12)13)25(4)33-26(5)34-28(7)39(16)27(6)32(23(2)19-35(8,9)10)24(3)20-38(39,15)22-37(34,14)21-30(29)33/h18H,2,5-6,17,19-22H2,1,3-4,7-16H3/t37-,38+,39-/m1/s1. The highest BCUT2D eigenvalue weighted by atomic mass is 14.6. The number of hydrogen-bond acceptors (Lipinski definition) is 0. The molecule has 0 bridgehead atoms. The Morgan fingerprint density at radius 3 is 2.05 bits per heavy atom. The van der Waals surface area contributed by atoms with E-state index in [2.05, 4.69) is 103 Å². The van der Waals surface area contributed by atoms with Crippen LogP contribution in [0.3, 0.4) is 0 Å². The van der Waals surface area contributed by atoms with Crippen LogP contribution in [0.15, 0.2) is 59.2 Å². The van der Waals surface area contributed by atoms with E-state index in [-0.39, 0.29) is 27.1 Å². The second-order valence-corrected chi connectivity index (χ2v) is 16.4. The first-order valence-corrected chi connectivity index (χ1v) is 15.3. The highest BCUT2D eigenvalue weighted by Crippen LogP contribution is 2.70. The zero-order valence-electron chi connectivity index (χ0n) is 27.7. The molecule has 0 saturated carbocycles. The summed E-state index contributed by atoms with van der Waals surface area (Å²) >= 11 is 0. The lowest BCUT2D eigenvalue weighted by Crippen LogP contribution is -2.52. The Hall–Kier alpha value is -2.08. The molecule has 0 aliphatic heterocycles. The molecular weight excluding hydrogens is 468 g/mol. The summed E-state index contributed by atoms with van der Waals surface area (Å²) in [7, 11) is 0. The van der Waals surface area contributed by atoms with Crippen molar-refractivity contribution >= 4 is 5.57 Å². The molecule has 0 aromatic heterocycles. The van der Waals surface area contributed by atoms with E-state index >= 15 is 0 Å². The average Bonchev–Trinajstić information content (AvgIpc) is 2.74. The number of rotatable bonds is 3. The van der Waals surface area contributed by atoms with Crippen LogP contribution < -0.4 is 0 Å². The van der Waals surface area contributed by atoms with E-state index < -0.39 is 0 Å². The molecule has 3 aliphatic rings. The van der Waals surface area contributed by atoms with Crippen molar-refractivity contribution in [1.29, 1.82) is 0 Å². The van der Waals surface area contributed by atoms with Crippen molar-refractivity contribution in [2.75, 3.05) is 0 Å². The van der Waals surface area contributed by atoms with Gasteiger partial charge in [-0.3, -0.25) is 0 Å². The van der Waals surface area contributed by atoms with Gasteiger partial charge in [-0.15, -0.1) is 0 Å². The summed E-state index contributed by atoms with van der Waals surface area (Å²) in [5.74, 6) is 0. The summed E-state index contributed by atoms with van der Waals surface area (Å²) in [5, 5.41) is 0. The predicted octanol–water partition coefficient (Wildman–Crippen LogP) is 11.4. The lowest BCUT2D eigenvalue weighted by molar-refractivity contribution is 0.0542. The number of benzene rings is 1. The van der Waals surface area contributed by atoms with Crippen LogP contribution in [0.2, 0.25) is 0 Å². The molecule has 0 radical (unpaired) electrons. The lowest BCUT2D eigenvalue weighted by Gasteiger charge is -2.62. The molecule has 1 aromatic rings. The van der Waals surface area contributed by atoms with E-state index in [0.29, 0.717) is 0 Å². The molecule has 0 N–H and O–H groups in total. The minimum absolute atomic E-state index is 0.0719. The summed E-state index contributed by atoms with van der Waals surface area (Å²) in [5.41, 5.74) is 17.4. The molecule has 0 nitrogen and oxygen atoms in total. The Kier molecular flexibility index (Phi) is 6.87. The van der Waals surface area contributed by atoms with Crippen LogP contribution in [0.25, 0.3) is 5.57 Å². The average molecular weight is 525 g/mol. The van der Waals surface area contributed by atoms with Gasteiger partial charge in [-0.25, -0.2) is 0 Å². The van der Waals surface area contributed by atoms with E-state index in [9.17, 15) is 0 Å². The monoisotopic (exact) mass is 524 g/mol. The minimum Gasteiger partial charge on any atom is -0.0952 e. The highest BCUT2D eigenvalue weighted by Gasteiger charge is 2.60. The van der Waals surface area contributed by atoms with Crippen LogP contribution in [0.1, 0.15) is 130 Å². The maximum Gasteiger partial charge on any atom is 0.0194 e. The second-order valence-electron chi connectivity index (χ2n) is 16.4. The van der Waals surface area contributed by atoms with Gasteiger partial charge < -0.3 is 0 Å². The second kappa shape index (κ2) is 8.96. The molecule has 0 heteroatoms. The molecule has 0 unspecified atom stereocenters. The zero-order valence-corrected chi connectivity index (χ0v) is 27.7. The maximum absolute atomic E-state index is 4.91. The fourth-order valence-corrected chi connectivity index (χ4v) is 9.39. The van der Waals surface area contributed by atoms with Gasteiger partial charge in [0.05, 0.1) is 0 Å². The Morgan fingerprint density at radius 2 is 1.54 bits per heavy atom. The summed E-state index contributed by atoms with van der Waals surface area (Å²) in [4.78, 5) is 0. The lowest BCUT2D eigenvalue weighted by atomic mass is 9.41. The van der Waals surface area contributed by atoms with E-state index in [1.165, 1.54) is 61.3 Å². The number of hydrogen-bond donors (Lipinski definition) is 0. The van der Waals surface area contributed by atoms with Gasteiger partial charge in [0.2, 0.25) is 0 Å². The molecule has 3 aliphatic carbocycles. The third kappa shape index (κ3) is 4.31. The fourth-order valence-electron chi connectivity index (χ4n) is 9.39. The molecular formula is C39H56. The Bertz CT molecular complexity index is 1350. The van der Waals surface area contributed by atoms with Crippen molar-refractivity contribution in [2.45, 2.75) is 128 Å². The van der Waals surface area contributed by atoms with Crippen molar-refractivity contribution in [3.63, 3.8) is 0 Å². The maximum atomic E-state index is 4.91. The summed E-state index contributed by atoms with van der Waals surface area (Å²) in [6.45, 7) is 45.4. The van der Waals surface area contributed by atoms with Gasteiger partial charge in [-0.05, 0) is 130 Å². The normalized spacial score (nSPS) is 29.4. The fraction of sp³-hybridized carbons (Fsp3) is 0.590. The first-order chi connectivity index (χ1) is 17.6. The van der Waals surface area contributed by atoms with Gasteiger partial charge in [0.1, 0.15) is 0 Å². The molecule has 3 atom stereocenters. The van der Waals surface area contributed by atoms with Crippen LogP contribution in [0.4, 0.5) is 0 Å². The molecule has 4 rings (SSSR count). The molecule has 0 spiro atoms. The largest absolute Gasteiger partial charge is 0.0952 e. The number of aryl methyl sites for hydroxylation is 1. The molecule has 1 aromatic carbocycles. The SMILES string of the molecule is C=C(CC(C)(C)C)C1=C(C)C[C@@]2(C)C[C@@]3(C)Cc4c(CC)cc(C(C)(C)C)c(C)c4C(=C)C3=C(C)[C@@]2(C)C1=C. The molecule has 0 heterocycles. The van der Waals surface area contributed by atoms with Crippen LogP contribution in [-0.4, -0.2) is 0 Å². The zero-order chi connectivity index (χ0) is 29.7. The number of allylic oxidation sites excluding steroid dienone is 7. The molecule has 0 fully saturated rings. The van der Waals surface area contributed by atoms with Crippen LogP contribution in [0.5, 0.6) is 0 Å². The van der Waals surface area contributed by atoms with Crippen LogP contribution in [0, 0.1) is 28.6 Å². The molecule has 0 amide bonds. The Balaban J connectivity index is 1.98. The summed E-state index contributed by atoms with van der Waals surface area (Å²) in [6, 6.07) is 2.52. The Morgan fingerprint density at radius 1 is 0.949 bits per heavy atom. The third-order valence-electron chi connectivity index (χ3n) is 10.9. The van der Waals surface area contributed by atoms with Gasteiger partial charge in [-0.2, -0.15) is 0 Å². The van der Waals surface area contributed by atoms with Gasteiger partial charge in [0, 0.05) is 5.41 Å². The molecule has 0 saturated heterocycles. The quantitative estimate of drug-likeness (QED) is 0.369. The predicted molar refractivity (Wildman–Crippen MR) is 173 cm³/mol. The first-order valence-electron chi connectivity index (χ1n) is 15.3. The highest BCUT2D eigenvalue weighted by molar-refractivity contribution is 5.87. The van der Waals surface area contributed by atoms with E-state index in [1.807, 2.05) is 0 Å². The third-order valence-corrected chi connectivity index (χ3v) is 10.9. The van der Waals surface area contributed by atoms with Crippen molar-refractivity contribution < 1.29 is 0 Å². The van der Waals surface area contributed by atoms with Gasteiger partial charge >= 0.3 is 0 Å². The van der Waals surface area contributed by atoms with Gasteiger partial charge in [0.25, 0.3) is 0 Å². The first kappa shape index (κ1) is 29.9. The van der Waals surface area contributed by atoms with Crippen molar-refractivity contribution in [2.24, 2.45) is 21.7 Å². The molecule has 39 heavy (non-hydrogen) atoms. The summed E-state index contributed by atoms with van der Waals surface area (Å²) in [6.07, 6.45) is 5.42. The van der Waals surface area contributed by atoms with Crippen LogP contribution in [-0.2, 0) is 18.3 Å². The Labute approximate surface area is 241 Å². The van der Waals surface area contributed by atoms with Crippen LogP contribution >= 0.6 is 0 Å². The van der Waals surface area contributed by atoms with E-state index in [1.54, 1.807) is 5.56 Å². The van der Waals surface area contributed by atoms with Gasteiger partial charge in [0.15, 0.2) is 0 Å². The van der Waals surface area contributed by atoms with Crippen molar-refractivity contribution in [3.8, 4) is 0 Å². The molecule has 212 valence electrons. The summed E-state index contributed by atoms with van der Waals surface area (Å²) < 4.78 is 0. The smallest absolute Gasteiger partial charge is 0.0194 e. The topological polar surface area (TPSA) is 0 Å². The minimum atomic E-state index is -0.124. The van der Waals surface area contributed by atoms with Gasteiger partial charge in [-0.1, -0.05) is 106 Å². The number of fused-ring (bicyclic) bond motifs is 3.